The van der Waals surface area contributed by atoms with Crippen LogP contribution in [0.25, 0.3) is 0 Å². The number of amides is 1. The van der Waals surface area contributed by atoms with Crippen LogP contribution in [0, 0.1) is 0 Å². The molecule has 1 aliphatic rings. The zero-order chi connectivity index (χ0) is 15.2. The van der Waals surface area contributed by atoms with Crippen molar-refractivity contribution in [1.82, 2.24) is 10.3 Å². The molecule has 1 N–H and O–H groups in total. The molecule has 3 rings (SSSR count). The Morgan fingerprint density at radius 2 is 1.82 bits per heavy atom. The number of carbonyl (C=O) groups is 1. The van der Waals surface area contributed by atoms with E-state index >= 15 is 0 Å². The van der Waals surface area contributed by atoms with E-state index in [1.807, 2.05) is 48.5 Å². The minimum absolute atomic E-state index is 0.128. The lowest BCUT2D eigenvalue weighted by Crippen LogP contribution is -2.37. The maximum Gasteiger partial charge on any atom is 0.228 e. The molecule has 1 aliphatic carbocycles. The number of pyridine rings is 1. The fourth-order valence-electron chi connectivity index (χ4n) is 3.15. The first-order valence-electron chi connectivity index (χ1n) is 8.08. The van der Waals surface area contributed by atoms with Gasteiger partial charge in [0.15, 0.2) is 0 Å². The van der Waals surface area contributed by atoms with E-state index in [0.29, 0.717) is 12.5 Å². The fraction of sp³-hybridized carbons (Fsp3) is 0.368. The predicted molar refractivity (Wildman–Crippen MR) is 87.5 cm³/mol. The van der Waals surface area contributed by atoms with Crippen LogP contribution in [0.1, 0.15) is 42.9 Å². The van der Waals surface area contributed by atoms with Gasteiger partial charge in [-0.25, -0.2) is 0 Å². The smallest absolute Gasteiger partial charge is 0.228 e. The van der Waals surface area contributed by atoms with Crippen LogP contribution in [-0.4, -0.2) is 16.9 Å². The van der Waals surface area contributed by atoms with Gasteiger partial charge in [0.25, 0.3) is 0 Å². The first-order valence-corrected chi connectivity index (χ1v) is 8.08. The van der Waals surface area contributed by atoms with Crippen molar-refractivity contribution < 1.29 is 4.79 Å². The van der Waals surface area contributed by atoms with Gasteiger partial charge in [-0.15, -0.1) is 0 Å². The molecule has 2 aromatic rings. The van der Waals surface area contributed by atoms with Gasteiger partial charge in [0.1, 0.15) is 0 Å². The summed E-state index contributed by atoms with van der Waals surface area (Å²) >= 11 is 0. The largest absolute Gasteiger partial charge is 0.353 e. The van der Waals surface area contributed by atoms with Crippen molar-refractivity contribution in [3.8, 4) is 0 Å². The second-order valence-electron chi connectivity index (χ2n) is 5.98. The average Bonchev–Trinajstić information content (AvgIpc) is 3.07. The Balaban J connectivity index is 1.77. The van der Waals surface area contributed by atoms with Gasteiger partial charge in [0.2, 0.25) is 5.91 Å². The molecule has 3 heteroatoms. The number of nitrogens with one attached hydrogen (secondary N) is 1. The van der Waals surface area contributed by atoms with Crippen molar-refractivity contribution >= 4 is 5.91 Å². The molecule has 1 aromatic carbocycles. The first kappa shape index (κ1) is 14.8. The summed E-state index contributed by atoms with van der Waals surface area (Å²) in [6.45, 7) is 0. The second kappa shape index (κ2) is 7.21. The number of hydrogen-bond donors (Lipinski definition) is 1. The number of rotatable bonds is 5. The normalized spacial score (nSPS) is 16.4. The maximum atomic E-state index is 12.8. The minimum atomic E-state index is -0.170. The highest BCUT2D eigenvalue weighted by atomic mass is 16.1. The third kappa shape index (κ3) is 3.73. The van der Waals surface area contributed by atoms with Crippen molar-refractivity contribution in [3.05, 3.63) is 66.0 Å². The van der Waals surface area contributed by atoms with Gasteiger partial charge >= 0.3 is 0 Å². The van der Waals surface area contributed by atoms with Gasteiger partial charge in [0, 0.05) is 24.4 Å². The molecule has 114 valence electrons. The van der Waals surface area contributed by atoms with Crippen molar-refractivity contribution in [2.24, 2.45) is 0 Å². The van der Waals surface area contributed by atoms with Crippen LogP contribution in [0.2, 0.25) is 0 Å². The molecule has 0 saturated heterocycles. The highest BCUT2D eigenvalue weighted by Gasteiger charge is 2.25. The van der Waals surface area contributed by atoms with E-state index in [0.717, 1.165) is 24.1 Å². The summed E-state index contributed by atoms with van der Waals surface area (Å²) in [6, 6.07) is 16.2. The maximum absolute atomic E-state index is 12.8. The summed E-state index contributed by atoms with van der Waals surface area (Å²) in [5.41, 5.74) is 2.02. The quantitative estimate of drug-likeness (QED) is 0.917. The van der Waals surface area contributed by atoms with Gasteiger partial charge in [-0.1, -0.05) is 49.2 Å². The Labute approximate surface area is 131 Å². The standard InChI is InChI=1S/C19H22N2O/c22-19(21-16-10-4-5-11-16)18(15-8-2-1-3-9-15)14-17-12-6-7-13-20-17/h1-3,6-9,12-13,16,18H,4-5,10-11,14H2,(H,21,22). The van der Waals surface area contributed by atoms with Gasteiger partial charge in [-0.2, -0.15) is 0 Å². The second-order valence-corrected chi connectivity index (χ2v) is 5.98. The molecule has 3 nitrogen and oxygen atoms in total. The van der Waals surface area contributed by atoms with E-state index in [1.165, 1.54) is 12.8 Å². The molecule has 0 radical (unpaired) electrons. The number of nitrogens with zero attached hydrogens (tertiary/aromatic N) is 1. The van der Waals surface area contributed by atoms with Gasteiger partial charge < -0.3 is 5.32 Å². The third-order valence-corrected chi connectivity index (χ3v) is 4.36. The Hall–Kier alpha value is -2.16. The van der Waals surface area contributed by atoms with Crippen molar-refractivity contribution in [1.29, 1.82) is 0 Å². The molecule has 1 amide bonds. The van der Waals surface area contributed by atoms with Crippen molar-refractivity contribution in [3.63, 3.8) is 0 Å². The summed E-state index contributed by atoms with van der Waals surface area (Å²) in [6.07, 6.45) is 7.09. The summed E-state index contributed by atoms with van der Waals surface area (Å²) in [7, 11) is 0. The van der Waals surface area contributed by atoms with Gasteiger partial charge in [0.05, 0.1) is 5.92 Å². The summed E-state index contributed by atoms with van der Waals surface area (Å²) in [5.74, 6) is -0.0412. The first-order chi connectivity index (χ1) is 10.8. The minimum Gasteiger partial charge on any atom is -0.353 e. The molecule has 1 fully saturated rings. The molecular weight excluding hydrogens is 272 g/mol. The molecule has 1 aromatic heterocycles. The topological polar surface area (TPSA) is 42.0 Å². The zero-order valence-electron chi connectivity index (χ0n) is 12.7. The lowest BCUT2D eigenvalue weighted by Gasteiger charge is -2.20. The molecule has 1 saturated carbocycles. The number of benzene rings is 1. The Kier molecular flexibility index (Phi) is 4.84. The molecule has 0 bridgehead atoms. The molecule has 0 spiro atoms. The number of aromatic nitrogens is 1. The monoisotopic (exact) mass is 294 g/mol. The summed E-state index contributed by atoms with van der Waals surface area (Å²) in [5, 5.41) is 3.23. The molecule has 0 aliphatic heterocycles. The van der Waals surface area contributed by atoms with E-state index in [9.17, 15) is 4.79 Å². The Morgan fingerprint density at radius 1 is 1.09 bits per heavy atom. The highest BCUT2D eigenvalue weighted by Crippen LogP contribution is 2.23. The number of carbonyl (C=O) groups excluding carboxylic acids is 1. The van der Waals surface area contributed by atoms with Gasteiger partial charge in [-0.05, 0) is 30.5 Å². The van der Waals surface area contributed by atoms with E-state index in [1.54, 1.807) is 6.20 Å². The van der Waals surface area contributed by atoms with Crippen molar-refractivity contribution in [2.75, 3.05) is 0 Å². The molecule has 1 atom stereocenters. The van der Waals surface area contributed by atoms with Crippen LogP contribution in [0.3, 0.4) is 0 Å². The van der Waals surface area contributed by atoms with E-state index in [4.69, 9.17) is 0 Å². The van der Waals surface area contributed by atoms with Crippen molar-refractivity contribution in [2.45, 2.75) is 44.1 Å². The van der Waals surface area contributed by atoms with E-state index in [-0.39, 0.29) is 11.8 Å². The summed E-state index contributed by atoms with van der Waals surface area (Å²) in [4.78, 5) is 17.1. The van der Waals surface area contributed by atoms with Crippen LogP contribution in [0.4, 0.5) is 0 Å². The van der Waals surface area contributed by atoms with Crippen LogP contribution in [0.15, 0.2) is 54.7 Å². The Morgan fingerprint density at radius 3 is 2.50 bits per heavy atom. The molecule has 22 heavy (non-hydrogen) atoms. The Bertz CT molecular complexity index is 591. The SMILES string of the molecule is O=C(NC1CCCC1)C(Cc1ccccn1)c1ccccc1. The summed E-state index contributed by atoms with van der Waals surface area (Å²) < 4.78 is 0. The predicted octanol–water partition coefficient (Wildman–Crippen LogP) is 3.47. The fourth-order valence-corrected chi connectivity index (χ4v) is 3.15. The lowest BCUT2D eigenvalue weighted by molar-refractivity contribution is -0.123. The highest BCUT2D eigenvalue weighted by molar-refractivity contribution is 5.84. The van der Waals surface area contributed by atoms with Crippen LogP contribution >= 0.6 is 0 Å². The van der Waals surface area contributed by atoms with Crippen LogP contribution in [-0.2, 0) is 11.2 Å². The van der Waals surface area contributed by atoms with Crippen LogP contribution in [0.5, 0.6) is 0 Å². The van der Waals surface area contributed by atoms with Gasteiger partial charge in [-0.3, -0.25) is 9.78 Å². The van der Waals surface area contributed by atoms with E-state index in [2.05, 4.69) is 10.3 Å². The van der Waals surface area contributed by atoms with E-state index < -0.39 is 0 Å². The average molecular weight is 294 g/mol. The number of hydrogen-bond acceptors (Lipinski definition) is 2. The zero-order valence-corrected chi connectivity index (χ0v) is 12.7. The lowest BCUT2D eigenvalue weighted by atomic mass is 9.92. The third-order valence-electron chi connectivity index (χ3n) is 4.36. The molecule has 1 unspecified atom stereocenters. The molecule has 1 heterocycles. The van der Waals surface area contributed by atoms with Crippen LogP contribution < -0.4 is 5.32 Å². The molecular formula is C19H22N2O.